The number of hydrogen-bond donors (Lipinski definition) is 1. The summed E-state index contributed by atoms with van der Waals surface area (Å²) in [5.41, 5.74) is 7.73. The second kappa shape index (κ2) is 7.57. The first kappa shape index (κ1) is 13.2. The van der Waals surface area contributed by atoms with Gasteiger partial charge in [-0.3, -0.25) is 4.99 Å². The number of nitriles is 1. The summed E-state index contributed by atoms with van der Waals surface area (Å²) in [6, 6.07) is 7.20. The lowest BCUT2D eigenvalue weighted by atomic mass is 10.1. The highest BCUT2D eigenvalue weighted by Crippen LogP contribution is 2.11. The summed E-state index contributed by atoms with van der Waals surface area (Å²) in [5.74, 6) is 0. The van der Waals surface area contributed by atoms with E-state index in [1.54, 1.807) is 24.4 Å². The minimum absolute atomic E-state index is 0.575. The molecule has 0 bridgehead atoms. The van der Waals surface area contributed by atoms with E-state index in [1.807, 2.05) is 26.8 Å². The van der Waals surface area contributed by atoms with Gasteiger partial charge in [-0.1, -0.05) is 19.9 Å². The molecule has 15 heavy (non-hydrogen) atoms. The van der Waals surface area contributed by atoms with Gasteiger partial charge in [0, 0.05) is 24.0 Å². The molecule has 0 amide bonds. The molecule has 3 nitrogen and oxygen atoms in total. The van der Waals surface area contributed by atoms with E-state index >= 15 is 0 Å². The van der Waals surface area contributed by atoms with Crippen molar-refractivity contribution in [1.82, 2.24) is 0 Å². The van der Waals surface area contributed by atoms with Crippen molar-refractivity contribution in [3.05, 3.63) is 29.3 Å². The molecule has 0 aliphatic carbocycles. The Kier molecular flexibility index (Phi) is 6.65. The van der Waals surface area contributed by atoms with E-state index in [2.05, 4.69) is 4.99 Å². The fourth-order valence-electron chi connectivity index (χ4n) is 0.952. The van der Waals surface area contributed by atoms with Crippen LogP contribution in [0.15, 0.2) is 23.2 Å². The lowest BCUT2D eigenvalue weighted by Crippen LogP contribution is -1.94. The van der Waals surface area contributed by atoms with E-state index in [0.717, 1.165) is 12.1 Å². The molecule has 0 aliphatic heterocycles. The minimum atomic E-state index is 0.575. The maximum Gasteiger partial charge on any atom is 0.0992 e. The van der Waals surface area contributed by atoms with Crippen molar-refractivity contribution < 1.29 is 0 Å². The average Bonchev–Trinajstić information content (AvgIpc) is 2.30. The zero-order chi connectivity index (χ0) is 11.7. The molecule has 0 aliphatic rings. The van der Waals surface area contributed by atoms with Crippen LogP contribution in [0.4, 0.5) is 5.69 Å². The first-order chi connectivity index (χ1) is 7.27. The van der Waals surface area contributed by atoms with Crippen molar-refractivity contribution >= 4 is 11.9 Å². The molecular formula is C12H17N3. The number of benzene rings is 1. The van der Waals surface area contributed by atoms with Crippen LogP contribution in [0.3, 0.4) is 0 Å². The van der Waals surface area contributed by atoms with Gasteiger partial charge in [-0.05, 0) is 19.1 Å². The highest BCUT2D eigenvalue weighted by atomic mass is 14.7. The second-order valence-electron chi connectivity index (χ2n) is 2.58. The van der Waals surface area contributed by atoms with Crippen molar-refractivity contribution in [3.8, 4) is 6.07 Å². The molecule has 0 spiro atoms. The third-order valence-electron chi connectivity index (χ3n) is 1.63. The van der Waals surface area contributed by atoms with Gasteiger partial charge in [0.05, 0.1) is 11.6 Å². The van der Waals surface area contributed by atoms with Crippen LogP contribution < -0.4 is 5.73 Å². The van der Waals surface area contributed by atoms with Crippen molar-refractivity contribution in [3.63, 3.8) is 0 Å². The Morgan fingerprint density at radius 3 is 2.60 bits per heavy atom. The SMILES string of the molecule is CC.CCN=Cc1ccc(C#N)cc1N. The third kappa shape index (κ3) is 4.28. The van der Waals surface area contributed by atoms with Gasteiger partial charge < -0.3 is 5.73 Å². The first-order valence-electron chi connectivity index (χ1n) is 5.07. The standard InChI is InChI=1S/C10H11N3.C2H6/c1-2-13-7-9-4-3-8(6-11)5-10(9)12;1-2/h3-5,7H,2,12H2,1H3;1-2H3. The van der Waals surface area contributed by atoms with Crippen molar-refractivity contribution in [2.75, 3.05) is 12.3 Å². The quantitative estimate of drug-likeness (QED) is 0.593. The molecule has 0 atom stereocenters. The van der Waals surface area contributed by atoms with Crippen LogP contribution in [0.1, 0.15) is 31.9 Å². The molecular weight excluding hydrogens is 186 g/mol. The van der Waals surface area contributed by atoms with Gasteiger partial charge in [-0.25, -0.2) is 0 Å². The Balaban J connectivity index is 0.000000921. The normalized spacial score (nSPS) is 9.20. The second-order valence-corrected chi connectivity index (χ2v) is 2.58. The summed E-state index contributed by atoms with van der Waals surface area (Å²) in [4.78, 5) is 4.07. The summed E-state index contributed by atoms with van der Waals surface area (Å²) in [5, 5.41) is 8.59. The average molecular weight is 203 g/mol. The van der Waals surface area contributed by atoms with E-state index in [-0.39, 0.29) is 0 Å². The first-order valence-corrected chi connectivity index (χ1v) is 5.07. The van der Waals surface area contributed by atoms with E-state index in [4.69, 9.17) is 11.0 Å². The van der Waals surface area contributed by atoms with Crippen molar-refractivity contribution in [2.45, 2.75) is 20.8 Å². The van der Waals surface area contributed by atoms with Gasteiger partial charge in [-0.15, -0.1) is 0 Å². The summed E-state index contributed by atoms with van der Waals surface area (Å²) in [7, 11) is 0. The number of hydrogen-bond acceptors (Lipinski definition) is 3. The Hall–Kier alpha value is -1.82. The predicted molar refractivity (Wildman–Crippen MR) is 65.1 cm³/mol. The number of nitrogen functional groups attached to an aromatic ring is 1. The maximum atomic E-state index is 8.59. The Bertz CT molecular complexity index is 362. The number of nitrogens with two attached hydrogens (primary N) is 1. The predicted octanol–water partition coefficient (Wildman–Crippen LogP) is 2.61. The topological polar surface area (TPSA) is 62.2 Å². The third-order valence-corrected chi connectivity index (χ3v) is 1.63. The van der Waals surface area contributed by atoms with Crippen molar-refractivity contribution in [2.24, 2.45) is 4.99 Å². The molecule has 2 N–H and O–H groups in total. The summed E-state index contributed by atoms with van der Waals surface area (Å²) in [6.07, 6.45) is 1.72. The van der Waals surface area contributed by atoms with Gasteiger partial charge in [0.2, 0.25) is 0 Å². The highest BCUT2D eigenvalue weighted by molar-refractivity contribution is 5.87. The molecule has 1 aromatic carbocycles. The molecule has 1 rings (SSSR count). The number of nitrogens with zero attached hydrogens (tertiary/aromatic N) is 2. The van der Waals surface area contributed by atoms with Gasteiger partial charge in [0.1, 0.15) is 0 Å². The molecule has 0 unspecified atom stereocenters. The van der Waals surface area contributed by atoms with Gasteiger partial charge in [0.15, 0.2) is 0 Å². The fraction of sp³-hybridized carbons (Fsp3) is 0.333. The van der Waals surface area contributed by atoms with Crippen LogP contribution in [0.5, 0.6) is 0 Å². The fourth-order valence-corrected chi connectivity index (χ4v) is 0.952. The lowest BCUT2D eigenvalue weighted by Gasteiger charge is -1.98. The van der Waals surface area contributed by atoms with E-state index < -0.39 is 0 Å². The molecule has 0 radical (unpaired) electrons. The zero-order valence-corrected chi connectivity index (χ0v) is 9.49. The number of rotatable bonds is 2. The van der Waals surface area contributed by atoms with Gasteiger partial charge in [0.25, 0.3) is 0 Å². The molecule has 0 aromatic heterocycles. The minimum Gasteiger partial charge on any atom is -0.398 e. The van der Waals surface area contributed by atoms with E-state index in [9.17, 15) is 0 Å². The lowest BCUT2D eigenvalue weighted by molar-refractivity contribution is 1.14. The van der Waals surface area contributed by atoms with Crippen molar-refractivity contribution in [1.29, 1.82) is 5.26 Å². The highest BCUT2D eigenvalue weighted by Gasteiger charge is 1.96. The molecule has 0 saturated carbocycles. The summed E-state index contributed by atoms with van der Waals surface area (Å²) in [6.45, 7) is 6.69. The Morgan fingerprint density at radius 1 is 1.47 bits per heavy atom. The largest absolute Gasteiger partial charge is 0.398 e. The number of anilines is 1. The van der Waals surface area contributed by atoms with E-state index in [0.29, 0.717) is 11.3 Å². The molecule has 80 valence electrons. The summed E-state index contributed by atoms with van der Waals surface area (Å²) >= 11 is 0. The van der Waals surface area contributed by atoms with Crippen LogP contribution in [-0.2, 0) is 0 Å². The zero-order valence-electron chi connectivity index (χ0n) is 9.49. The Morgan fingerprint density at radius 2 is 2.13 bits per heavy atom. The molecule has 1 aromatic rings. The monoisotopic (exact) mass is 203 g/mol. The molecule has 0 saturated heterocycles. The maximum absolute atomic E-state index is 8.59. The van der Waals surface area contributed by atoms with Gasteiger partial charge >= 0.3 is 0 Å². The molecule has 3 heteroatoms. The molecule has 0 fully saturated rings. The van der Waals surface area contributed by atoms with Gasteiger partial charge in [-0.2, -0.15) is 5.26 Å². The summed E-state index contributed by atoms with van der Waals surface area (Å²) < 4.78 is 0. The smallest absolute Gasteiger partial charge is 0.0992 e. The van der Waals surface area contributed by atoms with Crippen LogP contribution in [0.25, 0.3) is 0 Å². The van der Waals surface area contributed by atoms with Crippen LogP contribution in [-0.4, -0.2) is 12.8 Å². The molecule has 0 heterocycles. The number of aliphatic imine (C=N–C) groups is 1. The van der Waals surface area contributed by atoms with Crippen LogP contribution in [0.2, 0.25) is 0 Å². The van der Waals surface area contributed by atoms with E-state index in [1.165, 1.54) is 0 Å². The van der Waals surface area contributed by atoms with Crippen LogP contribution in [0, 0.1) is 11.3 Å². The Labute approximate surface area is 91.3 Å². The van der Waals surface area contributed by atoms with Crippen LogP contribution >= 0.6 is 0 Å².